The molecule has 0 unspecified atom stereocenters. The molecule has 0 atom stereocenters. The highest BCUT2D eigenvalue weighted by Crippen LogP contribution is 2.25. The number of hydrogen-bond donors (Lipinski definition) is 0. The standard InChI is InChI=1S/C9H9F2O2/c1-12-7-4-2-3-5-8(7)13-6-9(10)11/h3-5,9H,6H2,1H3. The van der Waals surface area contributed by atoms with Crippen molar-refractivity contribution in [2.45, 2.75) is 6.43 Å². The monoisotopic (exact) mass is 187 g/mol. The minimum absolute atomic E-state index is 0.307. The van der Waals surface area contributed by atoms with Crippen molar-refractivity contribution in [3.8, 4) is 11.5 Å². The van der Waals surface area contributed by atoms with Crippen LogP contribution in [0.3, 0.4) is 0 Å². The van der Waals surface area contributed by atoms with Gasteiger partial charge in [-0.2, -0.15) is 0 Å². The van der Waals surface area contributed by atoms with E-state index < -0.39 is 13.0 Å². The van der Waals surface area contributed by atoms with E-state index in [9.17, 15) is 8.78 Å². The molecule has 2 nitrogen and oxygen atoms in total. The molecule has 71 valence electrons. The number of hydrogen-bond acceptors (Lipinski definition) is 2. The summed E-state index contributed by atoms with van der Waals surface area (Å²) in [5.41, 5.74) is 0. The van der Waals surface area contributed by atoms with Crippen LogP contribution in [-0.4, -0.2) is 20.1 Å². The highest BCUT2D eigenvalue weighted by atomic mass is 19.3. The summed E-state index contributed by atoms with van der Waals surface area (Å²) < 4.78 is 33.2. The Balaban J connectivity index is 2.64. The first-order valence-corrected chi connectivity index (χ1v) is 3.69. The number of rotatable bonds is 4. The Morgan fingerprint density at radius 1 is 1.46 bits per heavy atom. The SMILES string of the molecule is COc1c[c]ccc1OCC(F)F. The summed E-state index contributed by atoms with van der Waals surface area (Å²) in [5.74, 6) is 0.713. The number of methoxy groups -OCH3 is 1. The first-order chi connectivity index (χ1) is 6.24. The summed E-state index contributed by atoms with van der Waals surface area (Å²) in [6.45, 7) is -0.625. The molecule has 0 aliphatic heterocycles. The summed E-state index contributed by atoms with van der Waals surface area (Å²) in [5, 5.41) is 0. The van der Waals surface area contributed by atoms with Crippen LogP contribution in [0.25, 0.3) is 0 Å². The van der Waals surface area contributed by atoms with E-state index in [1.165, 1.54) is 19.2 Å². The number of ether oxygens (including phenoxy) is 2. The fourth-order valence-corrected chi connectivity index (χ4v) is 0.832. The highest BCUT2D eigenvalue weighted by molar-refractivity contribution is 5.38. The van der Waals surface area contributed by atoms with Gasteiger partial charge in [-0.25, -0.2) is 8.78 Å². The third-order valence-corrected chi connectivity index (χ3v) is 1.37. The minimum atomic E-state index is -2.48. The van der Waals surface area contributed by atoms with Gasteiger partial charge in [0.1, 0.15) is 6.61 Å². The van der Waals surface area contributed by atoms with Gasteiger partial charge in [-0.3, -0.25) is 0 Å². The molecule has 0 spiro atoms. The van der Waals surface area contributed by atoms with Gasteiger partial charge >= 0.3 is 0 Å². The summed E-state index contributed by atoms with van der Waals surface area (Å²) >= 11 is 0. The number of halogens is 2. The topological polar surface area (TPSA) is 18.5 Å². The third-order valence-electron chi connectivity index (χ3n) is 1.37. The van der Waals surface area contributed by atoms with E-state index in [1.807, 2.05) is 0 Å². The van der Waals surface area contributed by atoms with Crippen LogP contribution in [0.2, 0.25) is 0 Å². The Morgan fingerprint density at radius 3 is 2.85 bits per heavy atom. The second-order valence-electron chi connectivity index (χ2n) is 2.28. The number of benzene rings is 1. The van der Waals surface area contributed by atoms with E-state index in [2.05, 4.69) is 6.07 Å². The lowest BCUT2D eigenvalue weighted by atomic mass is 10.3. The van der Waals surface area contributed by atoms with Crippen molar-refractivity contribution in [3.05, 3.63) is 24.3 Å². The van der Waals surface area contributed by atoms with Crippen LogP contribution in [0.15, 0.2) is 18.2 Å². The molecule has 0 fully saturated rings. The van der Waals surface area contributed by atoms with Crippen LogP contribution in [0.4, 0.5) is 8.78 Å². The van der Waals surface area contributed by atoms with Crippen LogP contribution in [0, 0.1) is 6.07 Å². The lowest BCUT2D eigenvalue weighted by Gasteiger charge is -2.08. The highest BCUT2D eigenvalue weighted by Gasteiger charge is 2.06. The Kier molecular flexibility index (Phi) is 3.49. The largest absolute Gasteiger partial charge is 0.493 e. The van der Waals surface area contributed by atoms with E-state index >= 15 is 0 Å². The van der Waals surface area contributed by atoms with Gasteiger partial charge in [-0.15, -0.1) is 0 Å². The zero-order chi connectivity index (χ0) is 9.68. The van der Waals surface area contributed by atoms with Crippen molar-refractivity contribution < 1.29 is 18.3 Å². The molecule has 0 aliphatic carbocycles. The van der Waals surface area contributed by atoms with E-state index in [1.54, 1.807) is 6.07 Å². The maximum absolute atomic E-state index is 11.8. The number of alkyl halides is 2. The second-order valence-corrected chi connectivity index (χ2v) is 2.28. The predicted molar refractivity (Wildman–Crippen MR) is 43.3 cm³/mol. The van der Waals surface area contributed by atoms with Crippen LogP contribution in [0.5, 0.6) is 11.5 Å². The van der Waals surface area contributed by atoms with Crippen molar-refractivity contribution in [2.75, 3.05) is 13.7 Å². The molecule has 0 heterocycles. The van der Waals surface area contributed by atoms with Gasteiger partial charge in [0.2, 0.25) is 0 Å². The third kappa shape index (κ3) is 2.89. The van der Waals surface area contributed by atoms with Crippen molar-refractivity contribution in [3.63, 3.8) is 0 Å². The predicted octanol–water partition coefficient (Wildman–Crippen LogP) is 2.14. The van der Waals surface area contributed by atoms with E-state index in [-0.39, 0.29) is 0 Å². The smallest absolute Gasteiger partial charge is 0.272 e. The molecule has 0 bridgehead atoms. The zero-order valence-corrected chi connectivity index (χ0v) is 7.09. The zero-order valence-electron chi connectivity index (χ0n) is 7.09. The van der Waals surface area contributed by atoms with Crippen LogP contribution >= 0.6 is 0 Å². The van der Waals surface area contributed by atoms with Crippen LogP contribution < -0.4 is 9.47 Å². The Labute approximate surface area is 75.1 Å². The van der Waals surface area contributed by atoms with Crippen molar-refractivity contribution in [1.29, 1.82) is 0 Å². The van der Waals surface area contributed by atoms with Crippen LogP contribution in [-0.2, 0) is 0 Å². The first-order valence-electron chi connectivity index (χ1n) is 3.69. The molecule has 0 amide bonds. The summed E-state index contributed by atoms with van der Waals surface area (Å²) in [6.07, 6.45) is -2.48. The molecule has 0 aromatic heterocycles. The molecule has 1 aromatic rings. The van der Waals surface area contributed by atoms with Gasteiger partial charge in [0.15, 0.2) is 11.5 Å². The molecule has 1 aromatic carbocycles. The molecule has 0 N–H and O–H groups in total. The quantitative estimate of drug-likeness (QED) is 0.718. The van der Waals surface area contributed by atoms with Crippen molar-refractivity contribution >= 4 is 0 Å². The van der Waals surface area contributed by atoms with Gasteiger partial charge in [0, 0.05) is 0 Å². The van der Waals surface area contributed by atoms with E-state index in [0.29, 0.717) is 11.5 Å². The first kappa shape index (κ1) is 9.77. The molecular formula is C9H9F2O2. The fourth-order valence-electron chi connectivity index (χ4n) is 0.832. The molecule has 1 radical (unpaired) electrons. The minimum Gasteiger partial charge on any atom is -0.493 e. The van der Waals surface area contributed by atoms with E-state index in [0.717, 1.165) is 0 Å². The van der Waals surface area contributed by atoms with Gasteiger partial charge in [0.25, 0.3) is 6.43 Å². The Hall–Kier alpha value is -1.32. The normalized spacial score (nSPS) is 10.2. The molecule has 4 heteroatoms. The van der Waals surface area contributed by atoms with Gasteiger partial charge < -0.3 is 9.47 Å². The van der Waals surface area contributed by atoms with Gasteiger partial charge in [-0.05, 0) is 18.2 Å². The fraction of sp³-hybridized carbons (Fsp3) is 0.333. The average Bonchev–Trinajstić information content (AvgIpc) is 2.15. The van der Waals surface area contributed by atoms with Crippen LogP contribution in [0.1, 0.15) is 0 Å². The maximum Gasteiger partial charge on any atom is 0.272 e. The summed E-state index contributed by atoms with van der Waals surface area (Å²) in [4.78, 5) is 0. The lowest BCUT2D eigenvalue weighted by molar-refractivity contribution is 0.0804. The van der Waals surface area contributed by atoms with Crippen molar-refractivity contribution in [1.82, 2.24) is 0 Å². The average molecular weight is 187 g/mol. The summed E-state index contributed by atoms with van der Waals surface area (Å²) in [6, 6.07) is 7.38. The lowest BCUT2D eigenvalue weighted by Crippen LogP contribution is -2.07. The van der Waals surface area contributed by atoms with Gasteiger partial charge in [-0.1, -0.05) is 6.07 Å². The molecule has 13 heavy (non-hydrogen) atoms. The molecule has 0 saturated heterocycles. The molecule has 0 aliphatic rings. The summed E-state index contributed by atoms with van der Waals surface area (Å²) in [7, 11) is 1.44. The Morgan fingerprint density at radius 2 is 2.23 bits per heavy atom. The molecule has 0 saturated carbocycles. The maximum atomic E-state index is 11.8. The molecule has 1 rings (SSSR count). The van der Waals surface area contributed by atoms with Gasteiger partial charge in [0.05, 0.1) is 7.11 Å². The Bertz CT molecular complexity index is 264. The second kappa shape index (κ2) is 4.64. The molecular weight excluding hydrogens is 178 g/mol. The van der Waals surface area contributed by atoms with Crippen molar-refractivity contribution in [2.24, 2.45) is 0 Å². The van der Waals surface area contributed by atoms with E-state index in [4.69, 9.17) is 9.47 Å².